The van der Waals surface area contributed by atoms with Crippen LogP contribution in [-0.4, -0.2) is 32.0 Å². The monoisotopic (exact) mass is 434 g/mol. The third-order valence-corrected chi connectivity index (χ3v) is 5.71. The van der Waals surface area contributed by atoms with Gasteiger partial charge in [0.05, 0.1) is 7.11 Å². The molecule has 0 bridgehead atoms. The molecule has 0 radical (unpaired) electrons. The summed E-state index contributed by atoms with van der Waals surface area (Å²) in [4.78, 5) is 41.5. The van der Waals surface area contributed by atoms with Gasteiger partial charge in [-0.25, -0.2) is 9.59 Å². The third-order valence-electron chi connectivity index (χ3n) is 5.71. The van der Waals surface area contributed by atoms with Crippen molar-refractivity contribution in [1.29, 1.82) is 0 Å². The highest BCUT2D eigenvalue weighted by atomic mass is 16.5. The Kier molecular flexibility index (Phi) is 5.22. The summed E-state index contributed by atoms with van der Waals surface area (Å²) in [5.74, 6) is -2.42. The van der Waals surface area contributed by atoms with Crippen LogP contribution in [0.3, 0.4) is 0 Å². The number of methoxy groups -OCH3 is 1. The van der Waals surface area contributed by atoms with Crippen molar-refractivity contribution in [2.45, 2.75) is 18.9 Å². The highest BCUT2D eigenvalue weighted by Gasteiger charge is 2.63. The molecule has 2 N–H and O–H groups in total. The van der Waals surface area contributed by atoms with E-state index < -0.39 is 23.3 Å². The van der Waals surface area contributed by atoms with Crippen LogP contribution < -0.4 is 10.6 Å². The van der Waals surface area contributed by atoms with Crippen molar-refractivity contribution >= 4 is 23.5 Å². The van der Waals surface area contributed by atoms with Crippen LogP contribution in [-0.2, 0) is 40.6 Å². The number of amides is 1. The molecular weight excluding hydrogens is 412 g/mol. The number of benzene rings is 2. The molecule has 0 aromatic heterocycles. The number of nitrogens with zero attached hydrogens (tertiary/aromatic N) is 1. The first-order chi connectivity index (χ1) is 15.3. The maximum absolute atomic E-state index is 13.8. The summed E-state index contributed by atoms with van der Waals surface area (Å²) < 4.78 is 16.1. The minimum Gasteiger partial charge on any atom is -0.465 e. The van der Waals surface area contributed by atoms with E-state index in [-0.39, 0.29) is 29.4 Å². The Labute approximate surface area is 184 Å². The second-order valence-electron chi connectivity index (χ2n) is 7.46. The van der Waals surface area contributed by atoms with Crippen molar-refractivity contribution in [3.8, 4) is 0 Å². The van der Waals surface area contributed by atoms with Crippen molar-refractivity contribution in [3.63, 3.8) is 0 Å². The zero-order chi connectivity index (χ0) is 23.0. The van der Waals surface area contributed by atoms with Gasteiger partial charge in [-0.2, -0.15) is 0 Å². The predicted octanol–water partition coefficient (Wildman–Crippen LogP) is 2.29. The molecule has 164 valence electrons. The van der Waals surface area contributed by atoms with E-state index in [2.05, 4.69) is 0 Å². The molecule has 8 heteroatoms. The quantitative estimate of drug-likeness (QED) is 0.736. The molecule has 1 amide bonds. The van der Waals surface area contributed by atoms with Gasteiger partial charge < -0.3 is 24.8 Å². The molecule has 1 spiro atoms. The topological polar surface area (TPSA) is 108 Å². The van der Waals surface area contributed by atoms with Gasteiger partial charge in [-0.15, -0.1) is 0 Å². The number of likely N-dealkylation sites (N-methyl/N-ethyl adjacent to an activating group) is 1. The van der Waals surface area contributed by atoms with E-state index in [1.165, 1.54) is 18.9 Å². The van der Waals surface area contributed by atoms with Crippen LogP contribution in [0.4, 0.5) is 5.69 Å². The number of hydrogen-bond acceptors (Lipinski definition) is 7. The van der Waals surface area contributed by atoms with E-state index in [1.807, 2.05) is 30.3 Å². The van der Waals surface area contributed by atoms with Crippen molar-refractivity contribution in [2.75, 3.05) is 19.1 Å². The molecule has 2 aliphatic heterocycles. The lowest BCUT2D eigenvalue weighted by atomic mass is 9.67. The molecule has 0 fully saturated rings. The maximum atomic E-state index is 13.8. The summed E-state index contributed by atoms with van der Waals surface area (Å²) in [6, 6.07) is 16.0. The normalized spacial score (nSPS) is 19.7. The summed E-state index contributed by atoms with van der Waals surface area (Å²) >= 11 is 0. The molecule has 2 aromatic carbocycles. The van der Waals surface area contributed by atoms with Crippen LogP contribution in [0.15, 0.2) is 77.4 Å². The number of esters is 2. The SMILES string of the molecule is COC(=O)C1=C(N)OC(C)=C(C(=O)OCc2ccccc2)[C@]12C(=O)N(C)c1ccccc12. The second-order valence-corrected chi connectivity index (χ2v) is 7.46. The van der Waals surface area contributed by atoms with Crippen LogP contribution in [0.5, 0.6) is 0 Å². The van der Waals surface area contributed by atoms with E-state index in [4.69, 9.17) is 19.9 Å². The van der Waals surface area contributed by atoms with Crippen LogP contribution in [0.2, 0.25) is 0 Å². The second kappa shape index (κ2) is 7.88. The lowest BCUT2D eigenvalue weighted by molar-refractivity contribution is -0.143. The third kappa shape index (κ3) is 2.95. The van der Waals surface area contributed by atoms with Gasteiger partial charge >= 0.3 is 11.9 Å². The average Bonchev–Trinajstić information content (AvgIpc) is 3.01. The lowest BCUT2D eigenvalue weighted by Gasteiger charge is -2.35. The number of anilines is 1. The predicted molar refractivity (Wildman–Crippen MR) is 115 cm³/mol. The van der Waals surface area contributed by atoms with E-state index >= 15 is 0 Å². The zero-order valence-electron chi connectivity index (χ0n) is 17.9. The van der Waals surface area contributed by atoms with Gasteiger partial charge in [0.15, 0.2) is 0 Å². The van der Waals surface area contributed by atoms with Crippen LogP contribution in [0, 0.1) is 0 Å². The van der Waals surface area contributed by atoms with Crippen molar-refractivity contribution in [3.05, 3.63) is 88.5 Å². The molecule has 2 heterocycles. The van der Waals surface area contributed by atoms with Crippen molar-refractivity contribution < 1.29 is 28.6 Å². The van der Waals surface area contributed by atoms with E-state index in [0.29, 0.717) is 11.3 Å². The first-order valence-electron chi connectivity index (χ1n) is 9.90. The van der Waals surface area contributed by atoms with Crippen molar-refractivity contribution in [2.24, 2.45) is 5.73 Å². The minimum atomic E-state index is -1.85. The first-order valence-corrected chi connectivity index (χ1v) is 9.90. The van der Waals surface area contributed by atoms with E-state index in [9.17, 15) is 14.4 Å². The fourth-order valence-electron chi connectivity index (χ4n) is 4.33. The van der Waals surface area contributed by atoms with Gasteiger partial charge in [0.25, 0.3) is 0 Å². The van der Waals surface area contributed by atoms with Gasteiger partial charge in [-0.1, -0.05) is 48.5 Å². The summed E-state index contributed by atoms with van der Waals surface area (Å²) in [5, 5.41) is 0. The smallest absolute Gasteiger partial charge is 0.340 e. The number of fused-ring (bicyclic) bond motifs is 2. The number of carbonyl (C=O) groups excluding carboxylic acids is 3. The van der Waals surface area contributed by atoms with Crippen LogP contribution in [0.25, 0.3) is 0 Å². The van der Waals surface area contributed by atoms with E-state index in [0.717, 1.165) is 5.56 Å². The molecule has 1 atom stereocenters. The Bertz CT molecular complexity index is 1180. The summed E-state index contributed by atoms with van der Waals surface area (Å²) in [7, 11) is 2.74. The van der Waals surface area contributed by atoms with Crippen LogP contribution >= 0.6 is 0 Å². The van der Waals surface area contributed by atoms with Gasteiger partial charge in [0.1, 0.15) is 28.9 Å². The average molecular weight is 434 g/mol. The fraction of sp³-hybridized carbons (Fsp3) is 0.208. The Morgan fingerprint density at radius 2 is 1.69 bits per heavy atom. The van der Waals surface area contributed by atoms with Gasteiger partial charge in [0.2, 0.25) is 11.8 Å². The van der Waals surface area contributed by atoms with Gasteiger partial charge in [-0.3, -0.25) is 4.79 Å². The highest BCUT2D eigenvalue weighted by molar-refractivity contribution is 6.22. The summed E-state index contributed by atoms with van der Waals surface area (Å²) in [6.45, 7) is 1.49. The number of rotatable bonds is 4. The standard InChI is InChI=1S/C24H22N2O6/c1-14-18(22(28)31-13-15-9-5-4-6-10-15)24(19(20(25)32-14)21(27)30-3)16-11-7-8-12-17(16)26(2)23(24)29/h4-12H,13,25H2,1-3H3/t24-/m0/s1. The van der Waals surface area contributed by atoms with Crippen LogP contribution in [0.1, 0.15) is 18.1 Å². The molecule has 0 saturated heterocycles. The van der Waals surface area contributed by atoms with E-state index in [1.54, 1.807) is 31.3 Å². The molecule has 8 nitrogen and oxygen atoms in total. The first kappa shape index (κ1) is 21.2. The number of nitrogens with two attached hydrogens (primary N) is 1. The van der Waals surface area contributed by atoms with Gasteiger partial charge in [-0.05, 0) is 18.6 Å². The maximum Gasteiger partial charge on any atom is 0.340 e. The number of carbonyl (C=O) groups is 3. The number of ether oxygens (including phenoxy) is 3. The Balaban J connectivity index is 1.91. The fourth-order valence-corrected chi connectivity index (χ4v) is 4.33. The largest absolute Gasteiger partial charge is 0.465 e. The summed E-state index contributed by atoms with van der Waals surface area (Å²) in [5.41, 5.74) is 5.61. The van der Waals surface area contributed by atoms with Crippen molar-refractivity contribution in [1.82, 2.24) is 0 Å². The molecule has 0 aliphatic carbocycles. The lowest BCUT2D eigenvalue weighted by Crippen LogP contribution is -2.50. The number of para-hydroxylation sites is 1. The Morgan fingerprint density at radius 3 is 2.38 bits per heavy atom. The highest BCUT2D eigenvalue weighted by Crippen LogP contribution is 2.54. The molecule has 2 aromatic rings. The zero-order valence-corrected chi connectivity index (χ0v) is 17.9. The molecular formula is C24H22N2O6. The van der Waals surface area contributed by atoms with Gasteiger partial charge in [0, 0.05) is 18.3 Å². The molecule has 4 rings (SSSR count). The number of allylic oxidation sites excluding steroid dienone is 1. The molecule has 0 saturated carbocycles. The molecule has 32 heavy (non-hydrogen) atoms. The molecule has 2 aliphatic rings. The molecule has 0 unspecified atom stereocenters. The minimum absolute atomic E-state index is 0.0229. The summed E-state index contributed by atoms with van der Waals surface area (Å²) in [6.07, 6.45) is 0. The Hall–Kier alpha value is -4.07. The number of hydrogen-bond donors (Lipinski definition) is 1. The Morgan fingerprint density at radius 1 is 1.03 bits per heavy atom.